The molecule has 0 spiro atoms. The van der Waals surface area contributed by atoms with E-state index in [0.717, 1.165) is 24.3 Å². The molecular weight excluding hydrogens is 230 g/mol. The van der Waals surface area contributed by atoms with Crippen LogP contribution in [0.25, 0.3) is 0 Å². The topological polar surface area (TPSA) is 71.6 Å². The molecule has 0 saturated heterocycles. The Labute approximate surface area is 108 Å². The summed E-state index contributed by atoms with van der Waals surface area (Å²) in [7, 11) is 3.38. The van der Waals surface area contributed by atoms with Crippen LogP contribution in [0.1, 0.15) is 5.56 Å². The van der Waals surface area contributed by atoms with Gasteiger partial charge in [-0.2, -0.15) is 0 Å². The largest absolute Gasteiger partial charge is 0.384 e. The Kier molecular flexibility index (Phi) is 6.18. The summed E-state index contributed by atoms with van der Waals surface area (Å²) in [5, 5.41) is 7.36. The van der Waals surface area contributed by atoms with E-state index in [9.17, 15) is 0 Å². The average Bonchev–Trinajstić information content (AvgIpc) is 2.39. The predicted molar refractivity (Wildman–Crippen MR) is 73.4 cm³/mol. The number of methoxy groups -OCH3 is 2. The molecule has 5 heteroatoms. The van der Waals surface area contributed by atoms with Gasteiger partial charge in [0.2, 0.25) is 0 Å². The van der Waals surface area contributed by atoms with Gasteiger partial charge in [0.05, 0.1) is 13.2 Å². The molecule has 0 atom stereocenters. The van der Waals surface area contributed by atoms with Crippen LogP contribution in [-0.4, -0.2) is 46.4 Å². The summed E-state index contributed by atoms with van der Waals surface area (Å²) in [5.74, 6) is 0.0851. The second-order valence-corrected chi connectivity index (χ2v) is 3.93. The molecule has 5 nitrogen and oxygen atoms in total. The second-order valence-electron chi connectivity index (χ2n) is 3.93. The third-order valence-corrected chi connectivity index (χ3v) is 2.67. The van der Waals surface area contributed by atoms with Crippen molar-refractivity contribution in [1.82, 2.24) is 0 Å². The lowest BCUT2D eigenvalue weighted by atomic mass is 10.2. The van der Waals surface area contributed by atoms with E-state index in [1.54, 1.807) is 14.2 Å². The molecule has 100 valence electrons. The van der Waals surface area contributed by atoms with Gasteiger partial charge in [-0.25, -0.2) is 0 Å². The van der Waals surface area contributed by atoms with Crippen LogP contribution in [0.3, 0.4) is 0 Å². The minimum atomic E-state index is 0.0851. The molecule has 0 amide bonds. The number of rotatable bonds is 8. The maximum atomic E-state index is 7.36. The smallest absolute Gasteiger partial charge is 0.122 e. The van der Waals surface area contributed by atoms with Crippen LogP contribution in [0.4, 0.5) is 5.69 Å². The van der Waals surface area contributed by atoms with Gasteiger partial charge >= 0.3 is 0 Å². The minimum Gasteiger partial charge on any atom is -0.384 e. The van der Waals surface area contributed by atoms with Gasteiger partial charge in [-0.05, 0) is 24.3 Å². The molecule has 0 aromatic heterocycles. The first-order valence-electron chi connectivity index (χ1n) is 5.86. The van der Waals surface area contributed by atoms with Gasteiger partial charge < -0.3 is 20.1 Å². The molecule has 0 fully saturated rings. The molecule has 18 heavy (non-hydrogen) atoms. The zero-order valence-electron chi connectivity index (χ0n) is 11.0. The summed E-state index contributed by atoms with van der Waals surface area (Å²) in [6, 6.07) is 7.62. The average molecular weight is 251 g/mol. The van der Waals surface area contributed by atoms with Crippen LogP contribution in [-0.2, 0) is 9.47 Å². The standard InChI is InChI=1S/C13H21N3O2/c1-17-9-7-16(8-10-18-2)12-5-3-11(4-6-12)13(14)15/h3-6H,7-10H2,1-2H3,(H3,14,15). The van der Waals surface area contributed by atoms with Crippen LogP contribution in [0, 0.1) is 5.41 Å². The minimum absolute atomic E-state index is 0.0851. The second kappa shape index (κ2) is 7.68. The Morgan fingerprint density at radius 3 is 2.00 bits per heavy atom. The zero-order chi connectivity index (χ0) is 13.4. The van der Waals surface area contributed by atoms with Gasteiger partial charge in [0.25, 0.3) is 0 Å². The highest BCUT2D eigenvalue weighted by molar-refractivity contribution is 5.95. The number of hydrogen-bond donors (Lipinski definition) is 2. The molecule has 3 N–H and O–H groups in total. The van der Waals surface area contributed by atoms with Crippen molar-refractivity contribution in [3.63, 3.8) is 0 Å². The Hall–Kier alpha value is -1.59. The molecule has 0 aliphatic heterocycles. The van der Waals surface area contributed by atoms with Crippen molar-refractivity contribution in [3.05, 3.63) is 29.8 Å². The fraction of sp³-hybridized carbons (Fsp3) is 0.462. The fourth-order valence-corrected chi connectivity index (χ4v) is 1.62. The van der Waals surface area contributed by atoms with Crippen molar-refractivity contribution in [2.75, 3.05) is 45.4 Å². The van der Waals surface area contributed by atoms with E-state index in [0.29, 0.717) is 13.2 Å². The summed E-state index contributed by atoms with van der Waals surface area (Å²) in [5.41, 5.74) is 7.24. The Morgan fingerprint density at radius 2 is 1.61 bits per heavy atom. The van der Waals surface area contributed by atoms with Crippen LogP contribution in [0.2, 0.25) is 0 Å². The number of nitrogens with one attached hydrogen (secondary N) is 1. The van der Waals surface area contributed by atoms with Crippen molar-refractivity contribution in [2.45, 2.75) is 0 Å². The molecule has 1 aromatic carbocycles. The van der Waals surface area contributed by atoms with E-state index in [1.807, 2.05) is 24.3 Å². The summed E-state index contributed by atoms with van der Waals surface area (Å²) >= 11 is 0. The normalized spacial score (nSPS) is 10.3. The van der Waals surface area contributed by atoms with E-state index < -0.39 is 0 Å². The Morgan fingerprint density at radius 1 is 1.11 bits per heavy atom. The third kappa shape index (κ3) is 4.35. The highest BCUT2D eigenvalue weighted by atomic mass is 16.5. The first-order valence-corrected chi connectivity index (χ1v) is 5.86. The summed E-state index contributed by atoms with van der Waals surface area (Å²) in [6.45, 7) is 2.94. The van der Waals surface area contributed by atoms with Gasteiger partial charge in [-0.15, -0.1) is 0 Å². The first kappa shape index (κ1) is 14.5. The molecule has 0 unspecified atom stereocenters. The van der Waals surface area contributed by atoms with Crippen LogP contribution in [0.5, 0.6) is 0 Å². The van der Waals surface area contributed by atoms with Gasteiger partial charge in [0.1, 0.15) is 5.84 Å². The number of nitrogens with zero attached hydrogens (tertiary/aromatic N) is 1. The lowest BCUT2D eigenvalue weighted by Crippen LogP contribution is -2.30. The van der Waals surface area contributed by atoms with Crippen molar-refractivity contribution >= 4 is 11.5 Å². The van der Waals surface area contributed by atoms with Crippen molar-refractivity contribution in [3.8, 4) is 0 Å². The Balaban J connectivity index is 2.73. The molecule has 0 saturated carbocycles. The van der Waals surface area contributed by atoms with Crippen LogP contribution in [0.15, 0.2) is 24.3 Å². The highest BCUT2D eigenvalue weighted by Crippen LogP contribution is 2.14. The number of benzene rings is 1. The molecule has 0 radical (unpaired) electrons. The maximum Gasteiger partial charge on any atom is 0.122 e. The van der Waals surface area contributed by atoms with Gasteiger partial charge in [0.15, 0.2) is 0 Å². The number of amidine groups is 1. The number of nitrogens with two attached hydrogens (primary N) is 1. The van der Waals surface area contributed by atoms with Crippen LogP contribution >= 0.6 is 0 Å². The van der Waals surface area contributed by atoms with Crippen LogP contribution < -0.4 is 10.6 Å². The molecule has 0 aliphatic rings. The quantitative estimate of drug-likeness (QED) is 0.535. The zero-order valence-corrected chi connectivity index (χ0v) is 11.0. The number of hydrogen-bond acceptors (Lipinski definition) is 4. The van der Waals surface area contributed by atoms with Crippen molar-refractivity contribution in [2.24, 2.45) is 5.73 Å². The van der Waals surface area contributed by atoms with Crippen molar-refractivity contribution < 1.29 is 9.47 Å². The fourth-order valence-electron chi connectivity index (χ4n) is 1.62. The molecule has 0 aliphatic carbocycles. The molecule has 1 aromatic rings. The van der Waals surface area contributed by atoms with Gasteiger partial charge in [-0.3, -0.25) is 5.41 Å². The number of nitrogen functional groups attached to an aromatic ring is 1. The number of ether oxygens (including phenoxy) is 2. The van der Waals surface area contributed by atoms with E-state index >= 15 is 0 Å². The van der Waals surface area contributed by atoms with Gasteiger partial charge in [-0.1, -0.05) is 0 Å². The third-order valence-electron chi connectivity index (χ3n) is 2.67. The predicted octanol–water partition coefficient (Wildman–Crippen LogP) is 1.07. The molecule has 1 rings (SSSR count). The van der Waals surface area contributed by atoms with E-state index in [4.69, 9.17) is 20.6 Å². The molecular formula is C13H21N3O2. The SMILES string of the molecule is COCCN(CCOC)c1ccc(C(=N)N)cc1. The maximum absolute atomic E-state index is 7.36. The van der Waals surface area contributed by atoms with E-state index in [-0.39, 0.29) is 5.84 Å². The monoisotopic (exact) mass is 251 g/mol. The highest BCUT2D eigenvalue weighted by Gasteiger charge is 2.06. The van der Waals surface area contributed by atoms with Crippen molar-refractivity contribution in [1.29, 1.82) is 5.41 Å². The molecule has 0 heterocycles. The summed E-state index contributed by atoms with van der Waals surface area (Å²) in [6.07, 6.45) is 0. The summed E-state index contributed by atoms with van der Waals surface area (Å²) < 4.78 is 10.2. The molecule has 0 bridgehead atoms. The number of anilines is 1. The summed E-state index contributed by atoms with van der Waals surface area (Å²) in [4.78, 5) is 2.18. The van der Waals surface area contributed by atoms with E-state index in [2.05, 4.69) is 4.90 Å². The van der Waals surface area contributed by atoms with Gasteiger partial charge in [0, 0.05) is 38.6 Å². The van der Waals surface area contributed by atoms with E-state index in [1.165, 1.54) is 0 Å². The Bertz CT molecular complexity index is 357. The first-order chi connectivity index (χ1) is 8.69. The lowest BCUT2D eigenvalue weighted by Gasteiger charge is -2.24. The lowest BCUT2D eigenvalue weighted by molar-refractivity contribution is 0.190.